The molecule has 7 heteroatoms. The van der Waals surface area contributed by atoms with Crippen molar-refractivity contribution in [2.45, 2.75) is 6.54 Å². The van der Waals surface area contributed by atoms with Crippen molar-refractivity contribution in [3.05, 3.63) is 6.33 Å². The fraction of sp³-hybridized carbons (Fsp3) is 0.625. The zero-order chi connectivity index (χ0) is 10.7. The van der Waals surface area contributed by atoms with Crippen LogP contribution >= 0.6 is 0 Å². The Morgan fingerprint density at radius 2 is 2.27 bits per heavy atom. The van der Waals surface area contributed by atoms with Crippen LogP contribution in [0.25, 0.3) is 0 Å². The second-order valence-electron chi connectivity index (χ2n) is 3.43. The maximum atomic E-state index is 11.7. The van der Waals surface area contributed by atoms with Gasteiger partial charge in [0.05, 0.1) is 0 Å². The van der Waals surface area contributed by atoms with E-state index in [-0.39, 0.29) is 18.4 Å². The number of carbonyl (C=O) groups is 1. The van der Waals surface area contributed by atoms with Crippen molar-refractivity contribution in [1.29, 1.82) is 0 Å². The predicted octanol–water partition coefficient (Wildman–Crippen LogP) is -1.71. The Bertz CT molecular complexity index is 343. The molecule has 0 radical (unpaired) electrons. The van der Waals surface area contributed by atoms with Gasteiger partial charge in [-0.05, 0) is 0 Å². The van der Waals surface area contributed by atoms with E-state index in [1.54, 1.807) is 0 Å². The van der Waals surface area contributed by atoms with E-state index in [2.05, 4.69) is 15.4 Å². The minimum atomic E-state index is 0.0569. The van der Waals surface area contributed by atoms with Crippen LogP contribution in [0, 0.1) is 0 Å². The molecule has 1 aliphatic heterocycles. The summed E-state index contributed by atoms with van der Waals surface area (Å²) >= 11 is 0. The van der Waals surface area contributed by atoms with E-state index >= 15 is 0 Å². The third-order valence-electron chi connectivity index (χ3n) is 2.32. The number of nitrogens with one attached hydrogen (secondary N) is 1. The van der Waals surface area contributed by atoms with Crippen LogP contribution in [0.2, 0.25) is 0 Å². The minimum absolute atomic E-state index is 0.0569. The highest BCUT2D eigenvalue weighted by Gasteiger charge is 2.16. The quantitative estimate of drug-likeness (QED) is 0.607. The fourth-order valence-corrected chi connectivity index (χ4v) is 1.54. The molecule has 1 aromatic heterocycles. The molecular formula is C8H14N6O. The molecule has 1 fully saturated rings. The van der Waals surface area contributed by atoms with Gasteiger partial charge in [-0.15, -0.1) is 5.10 Å². The minimum Gasteiger partial charge on any atom is -0.367 e. The van der Waals surface area contributed by atoms with Crippen LogP contribution in [0.5, 0.6) is 0 Å². The van der Waals surface area contributed by atoms with E-state index in [4.69, 9.17) is 5.73 Å². The molecule has 0 aliphatic carbocycles. The smallest absolute Gasteiger partial charge is 0.244 e. The first-order valence-corrected chi connectivity index (χ1v) is 4.89. The normalized spacial score (nSPS) is 16.7. The molecule has 0 unspecified atom stereocenters. The Labute approximate surface area is 87.3 Å². The molecule has 2 heterocycles. The summed E-state index contributed by atoms with van der Waals surface area (Å²) in [7, 11) is 0. The second kappa shape index (κ2) is 4.26. The Balaban J connectivity index is 1.91. The van der Waals surface area contributed by atoms with E-state index in [9.17, 15) is 4.79 Å². The van der Waals surface area contributed by atoms with Crippen molar-refractivity contribution >= 4 is 11.9 Å². The molecule has 1 aliphatic rings. The molecule has 1 amide bonds. The van der Waals surface area contributed by atoms with E-state index in [0.717, 1.165) is 26.2 Å². The molecule has 82 valence electrons. The molecule has 1 aromatic rings. The number of aromatic nitrogens is 3. The average molecular weight is 210 g/mol. The van der Waals surface area contributed by atoms with Gasteiger partial charge in [-0.25, -0.2) is 9.67 Å². The number of hydrogen-bond donors (Lipinski definition) is 2. The number of hydrogen-bond acceptors (Lipinski definition) is 5. The van der Waals surface area contributed by atoms with Gasteiger partial charge in [-0.3, -0.25) is 4.79 Å². The van der Waals surface area contributed by atoms with Crippen LogP contribution in [0.3, 0.4) is 0 Å². The van der Waals surface area contributed by atoms with Crippen LogP contribution in [0.1, 0.15) is 0 Å². The number of nitrogens with zero attached hydrogens (tertiary/aromatic N) is 4. The number of anilines is 1. The maximum Gasteiger partial charge on any atom is 0.244 e. The van der Waals surface area contributed by atoms with Crippen LogP contribution in [0.4, 0.5) is 5.95 Å². The van der Waals surface area contributed by atoms with Gasteiger partial charge in [-0.2, -0.15) is 0 Å². The lowest BCUT2D eigenvalue weighted by Gasteiger charge is -2.27. The van der Waals surface area contributed by atoms with Gasteiger partial charge in [0.15, 0.2) is 0 Å². The van der Waals surface area contributed by atoms with E-state index in [1.807, 2.05) is 4.90 Å². The Morgan fingerprint density at radius 3 is 2.87 bits per heavy atom. The first-order chi connectivity index (χ1) is 7.25. The van der Waals surface area contributed by atoms with Gasteiger partial charge in [0.1, 0.15) is 12.9 Å². The summed E-state index contributed by atoms with van der Waals surface area (Å²) < 4.78 is 1.46. The van der Waals surface area contributed by atoms with Gasteiger partial charge in [0, 0.05) is 26.2 Å². The van der Waals surface area contributed by atoms with E-state index in [0.29, 0.717) is 0 Å². The van der Waals surface area contributed by atoms with Crippen molar-refractivity contribution < 1.29 is 4.79 Å². The zero-order valence-corrected chi connectivity index (χ0v) is 8.39. The van der Waals surface area contributed by atoms with Gasteiger partial charge in [-0.1, -0.05) is 0 Å². The van der Waals surface area contributed by atoms with Crippen molar-refractivity contribution in [1.82, 2.24) is 25.0 Å². The Hall–Kier alpha value is -1.63. The number of nitrogens with two attached hydrogens (primary N) is 1. The van der Waals surface area contributed by atoms with Crippen LogP contribution < -0.4 is 11.1 Å². The highest BCUT2D eigenvalue weighted by Crippen LogP contribution is 1.97. The van der Waals surface area contributed by atoms with Crippen molar-refractivity contribution in [3.63, 3.8) is 0 Å². The standard InChI is InChI=1S/C8H14N6O/c9-8-11-6-14(12-8)5-7(15)13-3-1-10-2-4-13/h6,10H,1-5H2,(H2,9,12). The first kappa shape index (κ1) is 9.91. The summed E-state index contributed by atoms with van der Waals surface area (Å²) in [6, 6.07) is 0. The third-order valence-corrected chi connectivity index (χ3v) is 2.32. The SMILES string of the molecule is Nc1ncn(CC(=O)N2CCNCC2)n1. The topological polar surface area (TPSA) is 89.1 Å². The molecule has 0 bridgehead atoms. The molecule has 0 saturated carbocycles. The van der Waals surface area contributed by atoms with Gasteiger partial charge in [0.25, 0.3) is 0 Å². The van der Waals surface area contributed by atoms with Gasteiger partial charge < -0.3 is 16.0 Å². The average Bonchev–Trinajstić information content (AvgIpc) is 2.65. The molecule has 2 rings (SSSR count). The number of carbonyl (C=O) groups excluding carboxylic acids is 1. The largest absolute Gasteiger partial charge is 0.367 e. The number of piperazine rings is 1. The van der Waals surface area contributed by atoms with E-state index < -0.39 is 0 Å². The van der Waals surface area contributed by atoms with Crippen molar-refractivity contribution in [2.75, 3.05) is 31.9 Å². The summed E-state index contributed by atoms with van der Waals surface area (Å²) in [5, 5.41) is 7.05. The summed E-state index contributed by atoms with van der Waals surface area (Å²) in [5.74, 6) is 0.254. The first-order valence-electron chi connectivity index (χ1n) is 4.89. The Kier molecular flexibility index (Phi) is 2.82. The lowest BCUT2D eigenvalue weighted by atomic mass is 10.3. The number of rotatable bonds is 2. The summed E-state index contributed by atoms with van der Waals surface area (Å²) in [6.45, 7) is 3.42. The summed E-state index contributed by atoms with van der Waals surface area (Å²) in [5.41, 5.74) is 5.35. The predicted molar refractivity (Wildman–Crippen MR) is 53.9 cm³/mol. The molecule has 0 aromatic carbocycles. The van der Waals surface area contributed by atoms with Crippen LogP contribution in [-0.2, 0) is 11.3 Å². The zero-order valence-electron chi connectivity index (χ0n) is 8.39. The van der Waals surface area contributed by atoms with Crippen molar-refractivity contribution in [3.8, 4) is 0 Å². The maximum absolute atomic E-state index is 11.7. The number of nitrogen functional groups attached to an aromatic ring is 1. The molecule has 3 N–H and O–H groups in total. The van der Waals surface area contributed by atoms with Crippen molar-refractivity contribution in [2.24, 2.45) is 0 Å². The molecular weight excluding hydrogens is 196 g/mol. The highest BCUT2D eigenvalue weighted by atomic mass is 16.2. The van der Waals surface area contributed by atoms with E-state index in [1.165, 1.54) is 11.0 Å². The highest BCUT2D eigenvalue weighted by molar-refractivity contribution is 5.76. The lowest BCUT2D eigenvalue weighted by Crippen LogP contribution is -2.47. The molecule has 0 spiro atoms. The van der Waals surface area contributed by atoms with Gasteiger partial charge >= 0.3 is 0 Å². The monoisotopic (exact) mass is 210 g/mol. The fourth-order valence-electron chi connectivity index (χ4n) is 1.54. The Morgan fingerprint density at radius 1 is 1.53 bits per heavy atom. The number of amides is 1. The van der Waals surface area contributed by atoms with Gasteiger partial charge in [0.2, 0.25) is 11.9 Å². The molecule has 1 saturated heterocycles. The molecule has 7 nitrogen and oxygen atoms in total. The molecule has 0 atom stereocenters. The summed E-state index contributed by atoms with van der Waals surface area (Å²) in [6.07, 6.45) is 1.47. The van der Waals surface area contributed by atoms with Crippen LogP contribution in [-0.4, -0.2) is 51.8 Å². The molecule has 15 heavy (non-hydrogen) atoms. The van der Waals surface area contributed by atoms with Crippen LogP contribution in [0.15, 0.2) is 6.33 Å². The lowest BCUT2D eigenvalue weighted by molar-refractivity contribution is -0.132. The third kappa shape index (κ3) is 2.44. The second-order valence-corrected chi connectivity index (χ2v) is 3.43. The summed E-state index contributed by atoms with van der Waals surface area (Å²) in [4.78, 5) is 17.3.